The van der Waals surface area contributed by atoms with Crippen molar-refractivity contribution in [3.63, 3.8) is 0 Å². The minimum atomic E-state index is -0.924. The molecule has 0 aromatic heterocycles. The van der Waals surface area contributed by atoms with Crippen molar-refractivity contribution in [2.45, 2.75) is 20.3 Å². The molecular weight excluding hydrogens is 279 g/mol. The van der Waals surface area contributed by atoms with Crippen molar-refractivity contribution in [3.05, 3.63) is 71.6 Å². The second-order valence-corrected chi connectivity index (χ2v) is 5.57. The van der Waals surface area contributed by atoms with Crippen molar-refractivity contribution in [1.82, 2.24) is 0 Å². The van der Waals surface area contributed by atoms with Crippen LogP contribution in [0.2, 0.25) is 0 Å². The second-order valence-electron chi connectivity index (χ2n) is 5.57. The summed E-state index contributed by atoms with van der Waals surface area (Å²) in [6, 6.07) is 14.2. The van der Waals surface area contributed by atoms with E-state index in [0.29, 0.717) is 12.0 Å². The third-order valence-electron chi connectivity index (χ3n) is 3.60. The Morgan fingerprint density at radius 3 is 2.32 bits per heavy atom. The van der Waals surface area contributed by atoms with E-state index in [9.17, 15) is 9.18 Å². The van der Waals surface area contributed by atoms with Crippen molar-refractivity contribution in [2.75, 3.05) is 0 Å². The van der Waals surface area contributed by atoms with E-state index in [1.807, 2.05) is 38.1 Å². The van der Waals surface area contributed by atoms with Gasteiger partial charge in [0.2, 0.25) is 0 Å². The molecule has 0 spiro atoms. The zero-order valence-electron chi connectivity index (χ0n) is 12.7. The largest absolute Gasteiger partial charge is 0.478 e. The van der Waals surface area contributed by atoms with E-state index in [0.717, 1.165) is 16.7 Å². The van der Waals surface area contributed by atoms with E-state index >= 15 is 0 Å². The molecule has 0 atom stereocenters. The predicted molar refractivity (Wildman–Crippen MR) is 86.1 cm³/mol. The highest BCUT2D eigenvalue weighted by molar-refractivity contribution is 5.80. The van der Waals surface area contributed by atoms with Gasteiger partial charge in [-0.15, -0.1) is 0 Å². The van der Waals surface area contributed by atoms with Crippen LogP contribution in [0.4, 0.5) is 4.39 Å². The molecule has 0 saturated heterocycles. The number of carboxylic acids is 1. The smallest absolute Gasteiger partial charge is 0.328 e. The van der Waals surface area contributed by atoms with Gasteiger partial charge in [-0.05, 0) is 29.5 Å². The van der Waals surface area contributed by atoms with Crippen molar-refractivity contribution < 1.29 is 14.3 Å². The number of benzene rings is 2. The van der Waals surface area contributed by atoms with Crippen LogP contribution in [0.25, 0.3) is 11.1 Å². The quantitative estimate of drug-likeness (QED) is 0.812. The molecule has 2 aromatic rings. The Bertz CT molecular complexity index is 685. The molecule has 0 bridgehead atoms. The van der Waals surface area contributed by atoms with E-state index in [4.69, 9.17) is 5.11 Å². The van der Waals surface area contributed by atoms with E-state index < -0.39 is 5.97 Å². The van der Waals surface area contributed by atoms with Crippen molar-refractivity contribution >= 4 is 5.97 Å². The second kappa shape index (κ2) is 7.03. The molecule has 114 valence electrons. The third-order valence-corrected chi connectivity index (χ3v) is 3.60. The first-order chi connectivity index (χ1) is 10.5. The van der Waals surface area contributed by atoms with Gasteiger partial charge in [-0.1, -0.05) is 61.9 Å². The minimum Gasteiger partial charge on any atom is -0.478 e. The first-order valence-corrected chi connectivity index (χ1v) is 7.24. The van der Waals surface area contributed by atoms with Gasteiger partial charge in [-0.25, -0.2) is 9.18 Å². The normalized spacial score (nSPS) is 11.7. The van der Waals surface area contributed by atoms with Gasteiger partial charge in [0.15, 0.2) is 0 Å². The van der Waals surface area contributed by atoms with Gasteiger partial charge in [0.25, 0.3) is 0 Å². The molecule has 2 nitrogen and oxygen atoms in total. The molecule has 2 aromatic carbocycles. The molecule has 0 aliphatic heterocycles. The summed E-state index contributed by atoms with van der Waals surface area (Å²) in [5, 5.41) is 8.92. The number of hydrogen-bond acceptors (Lipinski definition) is 1. The highest BCUT2D eigenvalue weighted by Crippen LogP contribution is 2.24. The number of allylic oxidation sites excluding steroid dienone is 1. The highest BCUT2D eigenvalue weighted by Gasteiger charge is 2.08. The van der Waals surface area contributed by atoms with Crippen molar-refractivity contribution in [3.8, 4) is 11.1 Å². The molecule has 2 rings (SSSR count). The lowest BCUT2D eigenvalue weighted by Gasteiger charge is -2.11. The first kappa shape index (κ1) is 16.0. The summed E-state index contributed by atoms with van der Waals surface area (Å²) in [4.78, 5) is 10.9. The molecule has 0 amide bonds. The van der Waals surface area contributed by atoms with Crippen LogP contribution >= 0.6 is 0 Å². The van der Waals surface area contributed by atoms with Crippen molar-refractivity contribution in [1.29, 1.82) is 0 Å². The average molecular weight is 298 g/mol. The molecular formula is C19H19FO2. The monoisotopic (exact) mass is 298 g/mol. The Morgan fingerprint density at radius 1 is 1.14 bits per heavy atom. The summed E-state index contributed by atoms with van der Waals surface area (Å²) in [6.45, 7) is 3.95. The van der Waals surface area contributed by atoms with Crippen LogP contribution in [-0.2, 0) is 11.2 Å². The lowest BCUT2D eigenvalue weighted by molar-refractivity contribution is -0.131. The molecule has 0 fully saturated rings. The molecule has 0 aliphatic rings. The van der Waals surface area contributed by atoms with Crippen molar-refractivity contribution in [2.24, 2.45) is 5.92 Å². The maximum Gasteiger partial charge on any atom is 0.328 e. The van der Waals surface area contributed by atoms with Gasteiger partial charge in [0.1, 0.15) is 5.82 Å². The van der Waals surface area contributed by atoms with Crippen LogP contribution in [0.5, 0.6) is 0 Å². The first-order valence-electron chi connectivity index (χ1n) is 7.24. The van der Waals surface area contributed by atoms with Gasteiger partial charge < -0.3 is 5.11 Å². The molecule has 3 heteroatoms. The highest BCUT2D eigenvalue weighted by atomic mass is 19.1. The summed E-state index contributed by atoms with van der Waals surface area (Å²) in [5.74, 6) is -1.00. The van der Waals surface area contributed by atoms with Crippen LogP contribution < -0.4 is 0 Å². The number of halogens is 1. The molecule has 22 heavy (non-hydrogen) atoms. The third kappa shape index (κ3) is 4.04. The number of aliphatic carboxylic acids is 1. The summed E-state index contributed by atoms with van der Waals surface area (Å²) in [6.07, 6.45) is 1.86. The Labute approximate surface area is 129 Å². The van der Waals surface area contributed by atoms with Crippen LogP contribution in [0, 0.1) is 11.7 Å². The molecule has 0 aliphatic carbocycles. The predicted octanol–water partition coefficient (Wildman–Crippen LogP) is 4.70. The fourth-order valence-electron chi connectivity index (χ4n) is 2.31. The van der Waals surface area contributed by atoms with Crippen LogP contribution in [0.3, 0.4) is 0 Å². The van der Waals surface area contributed by atoms with Gasteiger partial charge >= 0.3 is 5.97 Å². The van der Waals surface area contributed by atoms with Gasteiger partial charge in [0.05, 0.1) is 0 Å². The van der Waals surface area contributed by atoms with Crippen LogP contribution in [0.1, 0.15) is 19.4 Å². The molecule has 0 saturated carbocycles. The molecule has 0 unspecified atom stereocenters. The van der Waals surface area contributed by atoms with E-state index in [-0.39, 0.29) is 11.7 Å². The Hall–Kier alpha value is -2.42. The Kier molecular flexibility index (Phi) is 5.10. The van der Waals surface area contributed by atoms with Gasteiger partial charge in [0, 0.05) is 11.6 Å². The Balaban J connectivity index is 2.22. The number of rotatable bonds is 5. The number of hydrogen-bond donors (Lipinski definition) is 1. The standard InChI is InChI=1S/C19H19FO2/c1-13(2)16(12-19(21)22)11-14-7-9-15(10-8-14)17-5-3-4-6-18(17)20/h3-10,12-13H,11H2,1-2H3,(H,21,22)/b16-12-. The fourth-order valence-corrected chi connectivity index (χ4v) is 2.31. The molecule has 0 radical (unpaired) electrons. The summed E-state index contributed by atoms with van der Waals surface area (Å²) in [5.41, 5.74) is 3.27. The zero-order chi connectivity index (χ0) is 16.1. The Morgan fingerprint density at radius 2 is 1.77 bits per heavy atom. The lowest BCUT2D eigenvalue weighted by atomic mass is 9.94. The summed E-state index contributed by atoms with van der Waals surface area (Å²) < 4.78 is 13.8. The SMILES string of the molecule is CC(C)/C(=C\C(=O)O)Cc1ccc(-c2ccccc2F)cc1. The fraction of sp³-hybridized carbons (Fsp3) is 0.211. The van der Waals surface area contributed by atoms with E-state index in [1.54, 1.807) is 18.2 Å². The van der Waals surface area contributed by atoms with Crippen LogP contribution in [0.15, 0.2) is 60.2 Å². The number of carboxylic acid groups (broad SMARTS) is 1. The topological polar surface area (TPSA) is 37.3 Å². The van der Waals surface area contributed by atoms with Gasteiger partial charge in [-0.2, -0.15) is 0 Å². The van der Waals surface area contributed by atoms with E-state index in [2.05, 4.69) is 0 Å². The zero-order valence-corrected chi connectivity index (χ0v) is 12.7. The number of carbonyl (C=O) groups is 1. The lowest BCUT2D eigenvalue weighted by Crippen LogP contribution is -2.02. The summed E-state index contributed by atoms with van der Waals surface area (Å²) >= 11 is 0. The van der Waals surface area contributed by atoms with Crippen LogP contribution in [-0.4, -0.2) is 11.1 Å². The summed E-state index contributed by atoms with van der Waals surface area (Å²) in [7, 11) is 0. The molecule has 0 heterocycles. The maximum absolute atomic E-state index is 13.8. The minimum absolute atomic E-state index is 0.169. The van der Waals surface area contributed by atoms with E-state index in [1.165, 1.54) is 12.1 Å². The average Bonchev–Trinajstić information content (AvgIpc) is 2.47. The van der Waals surface area contributed by atoms with Gasteiger partial charge in [-0.3, -0.25) is 0 Å². The molecule has 1 N–H and O–H groups in total. The maximum atomic E-state index is 13.8.